The van der Waals surface area contributed by atoms with Crippen molar-refractivity contribution in [3.05, 3.63) is 64.7 Å². The molecule has 0 spiro atoms. The Kier molecular flexibility index (Phi) is 7.29. The lowest BCUT2D eigenvalue weighted by molar-refractivity contribution is -0.125. The van der Waals surface area contributed by atoms with Crippen LogP contribution in [0.25, 0.3) is 0 Å². The van der Waals surface area contributed by atoms with Crippen molar-refractivity contribution in [3.63, 3.8) is 0 Å². The van der Waals surface area contributed by atoms with Crippen molar-refractivity contribution in [2.75, 3.05) is 20.2 Å². The number of amides is 1. The van der Waals surface area contributed by atoms with Crippen molar-refractivity contribution < 1.29 is 9.53 Å². The van der Waals surface area contributed by atoms with Gasteiger partial charge in [0.1, 0.15) is 12.4 Å². The van der Waals surface area contributed by atoms with E-state index in [1.54, 1.807) is 0 Å². The largest absolute Gasteiger partial charge is 0.492 e. The Balaban J connectivity index is 1.72. The molecule has 0 radical (unpaired) electrons. The van der Waals surface area contributed by atoms with Gasteiger partial charge in [0.25, 0.3) is 0 Å². The molecule has 134 valence electrons. The zero-order chi connectivity index (χ0) is 18.2. The first-order valence-corrected chi connectivity index (χ1v) is 8.75. The molecule has 2 aromatic rings. The zero-order valence-corrected chi connectivity index (χ0v) is 15.7. The van der Waals surface area contributed by atoms with Gasteiger partial charge in [-0.15, -0.1) is 0 Å². The normalized spacial score (nSPS) is 12.0. The zero-order valence-electron chi connectivity index (χ0n) is 15.0. The van der Waals surface area contributed by atoms with E-state index in [-0.39, 0.29) is 11.9 Å². The standard InChI is InChI=1S/C20H25ClN2O2/c1-15-5-4-6-19(13-15)25-12-11-22-20(24)16(2)23(3)14-17-7-9-18(21)10-8-17/h4-10,13,16H,11-12,14H2,1-3H3,(H,22,24). The van der Waals surface area contributed by atoms with Crippen LogP contribution in [0, 0.1) is 6.92 Å². The number of ether oxygens (including phenoxy) is 1. The van der Waals surface area contributed by atoms with E-state index in [0.717, 1.165) is 16.9 Å². The maximum atomic E-state index is 12.3. The van der Waals surface area contributed by atoms with Crippen molar-refractivity contribution in [2.45, 2.75) is 26.4 Å². The first kappa shape index (κ1) is 19.3. The molecular formula is C20H25ClN2O2. The monoisotopic (exact) mass is 360 g/mol. The molecule has 1 atom stereocenters. The molecule has 2 aromatic carbocycles. The van der Waals surface area contributed by atoms with Crippen molar-refractivity contribution in [3.8, 4) is 5.75 Å². The first-order valence-electron chi connectivity index (χ1n) is 8.37. The highest BCUT2D eigenvalue weighted by molar-refractivity contribution is 6.30. The molecule has 2 rings (SSSR count). The Bertz CT molecular complexity index is 688. The molecule has 1 amide bonds. The second kappa shape index (κ2) is 9.44. The summed E-state index contributed by atoms with van der Waals surface area (Å²) in [5.74, 6) is 0.812. The molecule has 0 aromatic heterocycles. The molecule has 5 heteroatoms. The number of hydrogen-bond acceptors (Lipinski definition) is 3. The Hall–Kier alpha value is -2.04. The number of halogens is 1. The van der Waals surface area contributed by atoms with Crippen molar-refractivity contribution in [2.24, 2.45) is 0 Å². The predicted molar refractivity (Wildman–Crippen MR) is 102 cm³/mol. The summed E-state index contributed by atoms with van der Waals surface area (Å²) in [5, 5.41) is 3.63. The third kappa shape index (κ3) is 6.40. The molecule has 1 N–H and O–H groups in total. The van der Waals surface area contributed by atoms with Crippen LogP contribution in [0.5, 0.6) is 5.75 Å². The van der Waals surface area contributed by atoms with E-state index in [2.05, 4.69) is 5.32 Å². The number of rotatable bonds is 8. The summed E-state index contributed by atoms with van der Waals surface area (Å²) in [6, 6.07) is 15.3. The fourth-order valence-corrected chi connectivity index (χ4v) is 2.54. The van der Waals surface area contributed by atoms with Crippen LogP contribution < -0.4 is 10.1 Å². The minimum atomic E-state index is -0.227. The van der Waals surface area contributed by atoms with Gasteiger partial charge < -0.3 is 10.1 Å². The minimum absolute atomic E-state index is 0.00990. The number of nitrogens with zero attached hydrogens (tertiary/aromatic N) is 1. The summed E-state index contributed by atoms with van der Waals surface area (Å²) in [6.07, 6.45) is 0. The highest BCUT2D eigenvalue weighted by atomic mass is 35.5. The Morgan fingerprint density at radius 1 is 1.24 bits per heavy atom. The lowest BCUT2D eigenvalue weighted by Crippen LogP contribution is -2.44. The molecule has 0 saturated heterocycles. The highest BCUT2D eigenvalue weighted by Gasteiger charge is 2.17. The summed E-state index contributed by atoms with van der Waals surface area (Å²) >= 11 is 5.90. The lowest BCUT2D eigenvalue weighted by Gasteiger charge is -2.24. The molecule has 0 aliphatic carbocycles. The van der Waals surface area contributed by atoms with E-state index in [4.69, 9.17) is 16.3 Å². The summed E-state index contributed by atoms with van der Waals surface area (Å²) in [6.45, 7) is 5.53. The van der Waals surface area contributed by atoms with Crippen molar-refractivity contribution in [1.82, 2.24) is 10.2 Å². The quantitative estimate of drug-likeness (QED) is 0.730. The molecule has 25 heavy (non-hydrogen) atoms. The van der Waals surface area contributed by atoms with Gasteiger partial charge in [0.15, 0.2) is 0 Å². The van der Waals surface area contributed by atoms with Gasteiger partial charge in [-0.2, -0.15) is 0 Å². The number of benzene rings is 2. The molecule has 0 saturated carbocycles. The van der Waals surface area contributed by atoms with Crippen LogP contribution in [0.2, 0.25) is 5.02 Å². The van der Waals surface area contributed by atoms with Gasteiger partial charge in [0.2, 0.25) is 5.91 Å². The van der Waals surface area contributed by atoms with Gasteiger partial charge in [0, 0.05) is 11.6 Å². The van der Waals surface area contributed by atoms with Gasteiger partial charge in [-0.05, 0) is 56.3 Å². The fraction of sp³-hybridized carbons (Fsp3) is 0.350. The number of aryl methyl sites for hydroxylation is 1. The molecule has 4 nitrogen and oxygen atoms in total. The van der Waals surface area contributed by atoms with Crippen LogP contribution in [0.3, 0.4) is 0 Å². The SMILES string of the molecule is Cc1cccc(OCCNC(=O)C(C)N(C)Cc2ccc(Cl)cc2)c1. The lowest BCUT2D eigenvalue weighted by atomic mass is 10.2. The van der Waals surface area contributed by atoms with Gasteiger partial charge in [-0.3, -0.25) is 9.69 Å². The topological polar surface area (TPSA) is 41.6 Å². The second-order valence-corrected chi connectivity index (χ2v) is 6.61. The predicted octanol–water partition coefficient (Wildman–Crippen LogP) is 3.66. The minimum Gasteiger partial charge on any atom is -0.492 e. The maximum Gasteiger partial charge on any atom is 0.237 e. The Morgan fingerprint density at radius 2 is 1.96 bits per heavy atom. The molecule has 1 unspecified atom stereocenters. The Morgan fingerprint density at radius 3 is 2.64 bits per heavy atom. The molecule has 0 bridgehead atoms. The molecule has 0 aliphatic heterocycles. The average molecular weight is 361 g/mol. The molecule has 0 aliphatic rings. The maximum absolute atomic E-state index is 12.3. The number of hydrogen-bond donors (Lipinski definition) is 1. The summed E-state index contributed by atoms with van der Waals surface area (Å²) in [4.78, 5) is 14.3. The highest BCUT2D eigenvalue weighted by Crippen LogP contribution is 2.13. The summed E-state index contributed by atoms with van der Waals surface area (Å²) < 4.78 is 5.64. The van der Waals surface area contributed by atoms with Crippen LogP contribution >= 0.6 is 11.6 Å². The number of nitrogens with one attached hydrogen (secondary N) is 1. The third-order valence-corrected chi connectivity index (χ3v) is 4.30. The van der Waals surface area contributed by atoms with Crippen LogP contribution in [-0.2, 0) is 11.3 Å². The molecule has 0 heterocycles. The van der Waals surface area contributed by atoms with E-state index >= 15 is 0 Å². The van der Waals surface area contributed by atoms with Crippen molar-refractivity contribution >= 4 is 17.5 Å². The van der Waals surface area contributed by atoms with Crippen molar-refractivity contribution in [1.29, 1.82) is 0 Å². The van der Waals surface area contributed by atoms with E-state index in [1.165, 1.54) is 0 Å². The van der Waals surface area contributed by atoms with Gasteiger partial charge in [-0.25, -0.2) is 0 Å². The molecular weight excluding hydrogens is 336 g/mol. The van der Waals surface area contributed by atoms with Crippen LogP contribution in [0.15, 0.2) is 48.5 Å². The van der Waals surface area contributed by atoms with Gasteiger partial charge in [0.05, 0.1) is 12.6 Å². The van der Waals surface area contributed by atoms with E-state index < -0.39 is 0 Å². The smallest absolute Gasteiger partial charge is 0.237 e. The summed E-state index contributed by atoms with van der Waals surface area (Å²) in [5.41, 5.74) is 2.27. The van der Waals surface area contributed by atoms with E-state index in [0.29, 0.717) is 24.7 Å². The van der Waals surface area contributed by atoms with E-state index in [1.807, 2.05) is 74.3 Å². The van der Waals surface area contributed by atoms with E-state index in [9.17, 15) is 4.79 Å². The number of carbonyl (C=O) groups is 1. The molecule has 0 fully saturated rings. The van der Waals surface area contributed by atoms with Crippen LogP contribution in [0.1, 0.15) is 18.1 Å². The second-order valence-electron chi connectivity index (χ2n) is 6.17. The number of carbonyl (C=O) groups excluding carboxylic acids is 1. The van der Waals surface area contributed by atoms with Crippen LogP contribution in [-0.4, -0.2) is 37.0 Å². The Labute approximate surface area is 154 Å². The van der Waals surface area contributed by atoms with Gasteiger partial charge >= 0.3 is 0 Å². The average Bonchev–Trinajstić information content (AvgIpc) is 2.60. The third-order valence-electron chi connectivity index (χ3n) is 4.05. The fourth-order valence-electron chi connectivity index (χ4n) is 2.41. The number of likely N-dealkylation sites (N-methyl/N-ethyl adjacent to an activating group) is 1. The van der Waals surface area contributed by atoms with Crippen LogP contribution in [0.4, 0.5) is 0 Å². The summed E-state index contributed by atoms with van der Waals surface area (Å²) in [7, 11) is 1.93. The first-order chi connectivity index (χ1) is 12.0. The van der Waals surface area contributed by atoms with Gasteiger partial charge in [-0.1, -0.05) is 35.9 Å².